The predicted octanol–water partition coefficient (Wildman–Crippen LogP) is 4.48. The lowest BCUT2D eigenvalue weighted by Crippen LogP contribution is -2.26. The summed E-state index contributed by atoms with van der Waals surface area (Å²) in [6.45, 7) is 5.61. The zero-order valence-corrected chi connectivity index (χ0v) is 11.9. The third-order valence-corrected chi connectivity index (χ3v) is 4.20. The summed E-state index contributed by atoms with van der Waals surface area (Å²) in [4.78, 5) is 0. The van der Waals surface area contributed by atoms with Crippen molar-refractivity contribution in [2.45, 2.75) is 58.4 Å². The fourth-order valence-electron chi connectivity index (χ4n) is 2.75. The summed E-state index contributed by atoms with van der Waals surface area (Å²) in [6.07, 6.45) is 8.01. The Hall–Kier alpha value is -0.820. The Balaban J connectivity index is 2.04. The molecule has 2 rings (SSSR count). The molecule has 1 N–H and O–H groups in total. The molecule has 1 aromatic rings. The van der Waals surface area contributed by atoms with Crippen LogP contribution in [-0.2, 0) is 6.42 Å². The van der Waals surface area contributed by atoms with Crippen molar-refractivity contribution in [3.63, 3.8) is 0 Å². The highest BCUT2D eigenvalue weighted by Crippen LogP contribution is 2.34. The lowest BCUT2D eigenvalue weighted by atomic mass is 9.79. The number of benzene rings is 1. The molecule has 0 radical (unpaired) electrons. The van der Waals surface area contributed by atoms with Gasteiger partial charge in [0.15, 0.2) is 0 Å². The Kier molecular flexibility index (Phi) is 5.25. The summed E-state index contributed by atoms with van der Waals surface area (Å²) in [5, 5.41) is 3.74. The van der Waals surface area contributed by atoms with Gasteiger partial charge in [0.05, 0.1) is 0 Å². The SMILES string of the molecule is CCCNC(CC1CCC1)c1cccc(CC)c1. The summed E-state index contributed by atoms with van der Waals surface area (Å²) < 4.78 is 0. The van der Waals surface area contributed by atoms with Gasteiger partial charge < -0.3 is 5.32 Å². The van der Waals surface area contributed by atoms with Crippen LogP contribution in [0.15, 0.2) is 24.3 Å². The van der Waals surface area contributed by atoms with Crippen LogP contribution < -0.4 is 5.32 Å². The first-order valence-corrected chi connectivity index (χ1v) is 7.65. The van der Waals surface area contributed by atoms with Crippen LogP contribution in [0.2, 0.25) is 0 Å². The van der Waals surface area contributed by atoms with Crippen LogP contribution in [-0.4, -0.2) is 6.54 Å². The summed E-state index contributed by atoms with van der Waals surface area (Å²) >= 11 is 0. The first kappa shape index (κ1) is 13.6. The average Bonchev–Trinajstić information content (AvgIpc) is 2.37. The zero-order chi connectivity index (χ0) is 12.8. The van der Waals surface area contributed by atoms with Crippen molar-refractivity contribution in [1.29, 1.82) is 0 Å². The van der Waals surface area contributed by atoms with Crippen LogP contribution in [0.4, 0.5) is 0 Å². The normalized spacial score (nSPS) is 17.4. The molecule has 1 saturated carbocycles. The fourth-order valence-corrected chi connectivity index (χ4v) is 2.75. The van der Waals surface area contributed by atoms with E-state index >= 15 is 0 Å². The van der Waals surface area contributed by atoms with Gasteiger partial charge in [-0.2, -0.15) is 0 Å². The first-order valence-electron chi connectivity index (χ1n) is 7.65. The Morgan fingerprint density at radius 1 is 1.28 bits per heavy atom. The highest BCUT2D eigenvalue weighted by molar-refractivity contribution is 5.26. The second kappa shape index (κ2) is 6.94. The molecule has 0 spiro atoms. The summed E-state index contributed by atoms with van der Waals surface area (Å²) in [5.41, 5.74) is 2.96. The number of hydrogen-bond acceptors (Lipinski definition) is 1. The lowest BCUT2D eigenvalue weighted by molar-refractivity contribution is 0.261. The van der Waals surface area contributed by atoms with Crippen molar-refractivity contribution in [2.24, 2.45) is 5.92 Å². The van der Waals surface area contributed by atoms with Crippen molar-refractivity contribution in [3.05, 3.63) is 35.4 Å². The van der Waals surface area contributed by atoms with E-state index < -0.39 is 0 Å². The monoisotopic (exact) mass is 245 g/mol. The highest BCUT2D eigenvalue weighted by Gasteiger charge is 2.22. The molecular weight excluding hydrogens is 218 g/mol. The van der Waals surface area contributed by atoms with Crippen LogP contribution in [0, 0.1) is 5.92 Å². The van der Waals surface area contributed by atoms with Crippen LogP contribution >= 0.6 is 0 Å². The van der Waals surface area contributed by atoms with Gasteiger partial charge in [-0.25, -0.2) is 0 Å². The number of rotatable bonds is 7. The van der Waals surface area contributed by atoms with Gasteiger partial charge >= 0.3 is 0 Å². The number of hydrogen-bond donors (Lipinski definition) is 1. The van der Waals surface area contributed by atoms with Gasteiger partial charge in [0.2, 0.25) is 0 Å². The molecule has 1 aliphatic carbocycles. The predicted molar refractivity (Wildman–Crippen MR) is 78.8 cm³/mol. The quantitative estimate of drug-likeness (QED) is 0.747. The van der Waals surface area contributed by atoms with Crippen LogP contribution in [0.1, 0.15) is 63.1 Å². The minimum Gasteiger partial charge on any atom is -0.310 e. The molecule has 0 heterocycles. The van der Waals surface area contributed by atoms with E-state index in [1.54, 1.807) is 0 Å². The molecule has 0 amide bonds. The van der Waals surface area contributed by atoms with Gasteiger partial charge in [0, 0.05) is 6.04 Å². The number of aryl methyl sites for hydroxylation is 1. The molecule has 0 bridgehead atoms. The second-order valence-corrected chi connectivity index (χ2v) is 5.64. The molecule has 1 heteroatoms. The molecule has 1 fully saturated rings. The van der Waals surface area contributed by atoms with E-state index in [4.69, 9.17) is 0 Å². The molecule has 18 heavy (non-hydrogen) atoms. The maximum absolute atomic E-state index is 3.74. The Morgan fingerprint density at radius 3 is 2.72 bits per heavy atom. The second-order valence-electron chi connectivity index (χ2n) is 5.64. The third-order valence-electron chi connectivity index (χ3n) is 4.20. The summed E-state index contributed by atoms with van der Waals surface area (Å²) in [5.74, 6) is 0.963. The van der Waals surface area contributed by atoms with Gasteiger partial charge in [-0.05, 0) is 42.9 Å². The first-order chi connectivity index (χ1) is 8.83. The van der Waals surface area contributed by atoms with E-state index in [1.807, 2.05) is 0 Å². The standard InChI is InChI=1S/C17H27N/c1-3-11-18-17(13-15-8-5-9-15)16-10-6-7-14(4-2)12-16/h6-7,10,12,15,17-18H,3-5,8-9,11,13H2,1-2H3. The molecule has 1 aliphatic rings. The highest BCUT2D eigenvalue weighted by atomic mass is 14.9. The van der Waals surface area contributed by atoms with Gasteiger partial charge in [0.1, 0.15) is 0 Å². The maximum atomic E-state index is 3.74. The molecule has 100 valence electrons. The van der Waals surface area contributed by atoms with E-state index in [-0.39, 0.29) is 0 Å². The van der Waals surface area contributed by atoms with Gasteiger partial charge in [0.25, 0.3) is 0 Å². The Morgan fingerprint density at radius 2 is 2.11 bits per heavy atom. The van der Waals surface area contributed by atoms with Crippen molar-refractivity contribution >= 4 is 0 Å². The molecule has 1 nitrogen and oxygen atoms in total. The van der Waals surface area contributed by atoms with Crippen LogP contribution in [0.3, 0.4) is 0 Å². The minimum atomic E-state index is 0.571. The van der Waals surface area contributed by atoms with Crippen LogP contribution in [0.5, 0.6) is 0 Å². The van der Waals surface area contributed by atoms with Crippen molar-refractivity contribution < 1.29 is 0 Å². The molecule has 1 atom stereocenters. The third kappa shape index (κ3) is 3.58. The van der Waals surface area contributed by atoms with Crippen molar-refractivity contribution in [3.8, 4) is 0 Å². The molecular formula is C17H27N. The molecule has 0 saturated heterocycles. The molecule has 1 unspecified atom stereocenters. The molecule has 1 aromatic carbocycles. The topological polar surface area (TPSA) is 12.0 Å². The largest absolute Gasteiger partial charge is 0.310 e. The van der Waals surface area contributed by atoms with E-state index in [2.05, 4.69) is 43.4 Å². The smallest absolute Gasteiger partial charge is 0.0322 e. The molecule has 0 aromatic heterocycles. The lowest BCUT2D eigenvalue weighted by Gasteiger charge is -2.30. The van der Waals surface area contributed by atoms with Crippen molar-refractivity contribution in [2.75, 3.05) is 6.54 Å². The van der Waals surface area contributed by atoms with E-state index in [0.29, 0.717) is 6.04 Å². The van der Waals surface area contributed by atoms with E-state index in [1.165, 1.54) is 43.2 Å². The minimum absolute atomic E-state index is 0.571. The Labute approximate surface area is 112 Å². The zero-order valence-electron chi connectivity index (χ0n) is 11.9. The average molecular weight is 245 g/mol. The number of nitrogens with one attached hydrogen (secondary N) is 1. The van der Waals surface area contributed by atoms with Crippen LogP contribution in [0.25, 0.3) is 0 Å². The van der Waals surface area contributed by atoms with Gasteiger partial charge in [-0.1, -0.05) is 57.4 Å². The summed E-state index contributed by atoms with van der Waals surface area (Å²) in [7, 11) is 0. The molecule has 0 aliphatic heterocycles. The van der Waals surface area contributed by atoms with Crippen molar-refractivity contribution in [1.82, 2.24) is 5.32 Å². The fraction of sp³-hybridized carbons (Fsp3) is 0.647. The van der Waals surface area contributed by atoms with E-state index in [9.17, 15) is 0 Å². The van der Waals surface area contributed by atoms with E-state index in [0.717, 1.165) is 18.9 Å². The summed E-state index contributed by atoms with van der Waals surface area (Å²) in [6, 6.07) is 9.72. The Bertz CT molecular complexity index is 354. The van der Waals surface area contributed by atoms with Gasteiger partial charge in [-0.3, -0.25) is 0 Å². The van der Waals surface area contributed by atoms with Gasteiger partial charge in [-0.15, -0.1) is 0 Å². The maximum Gasteiger partial charge on any atom is 0.0322 e.